The lowest BCUT2D eigenvalue weighted by Crippen LogP contribution is -2.24. The second-order valence-corrected chi connectivity index (χ2v) is 5.25. The van der Waals surface area contributed by atoms with Crippen molar-refractivity contribution in [2.45, 2.75) is 25.4 Å². The van der Waals surface area contributed by atoms with Crippen molar-refractivity contribution in [3.05, 3.63) is 35.9 Å². The van der Waals surface area contributed by atoms with Crippen LogP contribution in [0.15, 0.2) is 24.7 Å². The molecule has 3 heterocycles. The number of hydrogen-bond acceptors (Lipinski definition) is 6. The van der Waals surface area contributed by atoms with E-state index in [1.807, 2.05) is 13.1 Å². The summed E-state index contributed by atoms with van der Waals surface area (Å²) in [5, 5.41) is 3.05. The standard InChI is InChI=1S/C15H21N3O3/c1-16-13-4-3-11(9-18-6-5-12(10-18)19-2)14(17-13)15-20-7-8-21-15/h3-4,7-8,12,15H,5-6,9-10H2,1-2H3,(H,16,17). The predicted molar refractivity (Wildman–Crippen MR) is 78.5 cm³/mol. The Morgan fingerprint density at radius 1 is 1.38 bits per heavy atom. The van der Waals surface area contributed by atoms with Gasteiger partial charge in [-0.25, -0.2) is 4.98 Å². The number of pyridine rings is 1. The summed E-state index contributed by atoms with van der Waals surface area (Å²) >= 11 is 0. The minimum atomic E-state index is -0.450. The Hall–Kier alpha value is -1.79. The first-order chi connectivity index (χ1) is 10.3. The largest absolute Gasteiger partial charge is 0.454 e. The van der Waals surface area contributed by atoms with Crippen LogP contribution >= 0.6 is 0 Å². The van der Waals surface area contributed by atoms with Gasteiger partial charge in [-0.05, 0) is 18.1 Å². The van der Waals surface area contributed by atoms with Gasteiger partial charge in [0.05, 0.1) is 6.10 Å². The fourth-order valence-electron chi connectivity index (χ4n) is 2.72. The van der Waals surface area contributed by atoms with Crippen molar-refractivity contribution < 1.29 is 14.2 Å². The van der Waals surface area contributed by atoms with Crippen LogP contribution in [-0.4, -0.2) is 43.2 Å². The quantitative estimate of drug-likeness (QED) is 0.893. The third-order valence-electron chi connectivity index (χ3n) is 3.91. The van der Waals surface area contributed by atoms with Gasteiger partial charge < -0.3 is 19.5 Å². The number of rotatable bonds is 5. The van der Waals surface area contributed by atoms with Crippen LogP contribution in [0.1, 0.15) is 24.0 Å². The lowest BCUT2D eigenvalue weighted by Gasteiger charge is -2.20. The van der Waals surface area contributed by atoms with E-state index in [9.17, 15) is 0 Å². The number of aromatic nitrogens is 1. The van der Waals surface area contributed by atoms with E-state index in [1.54, 1.807) is 19.6 Å². The summed E-state index contributed by atoms with van der Waals surface area (Å²) in [5.74, 6) is 0.809. The molecule has 1 unspecified atom stereocenters. The number of likely N-dealkylation sites (tertiary alicyclic amines) is 1. The third-order valence-corrected chi connectivity index (χ3v) is 3.91. The topological polar surface area (TPSA) is 55.9 Å². The van der Waals surface area contributed by atoms with Crippen LogP contribution in [-0.2, 0) is 20.8 Å². The fourth-order valence-corrected chi connectivity index (χ4v) is 2.72. The van der Waals surface area contributed by atoms with Gasteiger partial charge in [-0.2, -0.15) is 0 Å². The van der Waals surface area contributed by atoms with Crippen molar-refractivity contribution in [2.75, 3.05) is 32.6 Å². The monoisotopic (exact) mass is 291 g/mol. The van der Waals surface area contributed by atoms with Crippen molar-refractivity contribution in [3.63, 3.8) is 0 Å². The Labute approximate surface area is 124 Å². The first-order valence-electron chi connectivity index (χ1n) is 7.19. The Morgan fingerprint density at radius 2 is 2.19 bits per heavy atom. The molecule has 0 saturated carbocycles. The minimum Gasteiger partial charge on any atom is -0.454 e. The maximum Gasteiger partial charge on any atom is 0.283 e. The van der Waals surface area contributed by atoms with E-state index in [0.717, 1.165) is 43.1 Å². The molecule has 1 aromatic rings. The number of nitrogens with one attached hydrogen (secondary N) is 1. The maximum absolute atomic E-state index is 5.45. The summed E-state index contributed by atoms with van der Waals surface area (Å²) < 4.78 is 16.3. The highest BCUT2D eigenvalue weighted by Crippen LogP contribution is 2.28. The zero-order chi connectivity index (χ0) is 14.7. The average Bonchev–Trinajstić information content (AvgIpc) is 3.19. The molecule has 6 nitrogen and oxygen atoms in total. The molecular weight excluding hydrogens is 270 g/mol. The zero-order valence-corrected chi connectivity index (χ0v) is 12.4. The van der Waals surface area contributed by atoms with Gasteiger partial charge in [0.25, 0.3) is 6.29 Å². The predicted octanol–water partition coefficient (Wildman–Crippen LogP) is 1.86. The number of anilines is 1. The third kappa shape index (κ3) is 3.11. The fraction of sp³-hybridized carbons (Fsp3) is 0.533. The van der Waals surface area contributed by atoms with E-state index in [0.29, 0.717) is 6.10 Å². The SMILES string of the molecule is CNc1ccc(CN2CCC(OC)C2)c(C2OC=CO2)n1. The number of methoxy groups -OCH3 is 1. The number of ether oxygens (including phenoxy) is 3. The second-order valence-electron chi connectivity index (χ2n) is 5.25. The highest BCUT2D eigenvalue weighted by molar-refractivity contribution is 5.39. The summed E-state index contributed by atoms with van der Waals surface area (Å²) in [6, 6.07) is 4.06. The Balaban J connectivity index is 1.77. The first-order valence-corrected chi connectivity index (χ1v) is 7.19. The van der Waals surface area contributed by atoms with Crippen LogP contribution in [0.5, 0.6) is 0 Å². The van der Waals surface area contributed by atoms with Gasteiger partial charge in [-0.15, -0.1) is 0 Å². The van der Waals surface area contributed by atoms with E-state index in [-0.39, 0.29) is 0 Å². The summed E-state index contributed by atoms with van der Waals surface area (Å²) in [6.45, 7) is 2.82. The number of nitrogens with zero attached hydrogens (tertiary/aromatic N) is 2. The van der Waals surface area contributed by atoms with Crippen LogP contribution in [0.25, 0.3) is 0 Å². The lowest BCUT2D eigenvalue weighted by atomic mass is 10.1. The molecule has 2 aliphatic rings. The van der Waals surface area contributed by atoms with E-state index in [4.69, 9.17) is 14.2 Å². The van der Waals surface area contributed by atoms with Crippen molar-refractivity contribution in [3.8, 4) is 0 Å². The molecule has 1 N–H and O–H groups in total. The lowest BCUT2D eigenvalue weighted by molar-refractivity contribution is -0.0289. The molecule has 6 heteroatoms. The van der Waals surface area contributed by atoms with E-state index in [2.05, 4.69) is 21.3 Å². The minimum absolute atomic E-state index is 0.332. The molecule has 0 aliphatic carbocycles. The van der Waals surface area contributed by atoms with Gasteiger partial charge in [0.1, 0.15) is 24.0 Å². The zero-order valence-electron chi connectivity index (χ0n) is 12.4. The highest BCUT2D eigenvalue weighted by Gasteiger charge is 2.26. The molecule has 114 valence electrons. The Bertz CT molecular complexity index is 513. The molecule has 3 rings (SSSR count). The molecule has 0 radical (unpaired) electrons. The van der Waals surface area contributed by atoms with Crippen molar-refractivity contribution in [1.29, 1.82) is 0 Å². The molecule has 1 atom stereocenters. The van der Waals surface area contributed by atoms with Gasteiger partial charge in [0.15, 0.2) is 0 Å². The van der Waals surface area contributed by atoms with Gasteiger partial charge >= 0.3 is 0 Å². The smallest absolute Gasteiger partial charge is 0.283 e. The van der Waals surface area contributed by atoms with E-state index in [1.165, 1.54) is 0 Å². The maximum atomic E-state index is 5.45. The van der Waals surface area contributed by atoms with Crippen LogP contribution in [0.4, 0.5) is 5.82 Å². The molecule has 0 bridgehead atoms. The second kappa shape index (κ2) is 6.32. The van der Waals surface area contributed by atoms with Gasteiger partial charge in [-0.1, -0.05) is 6.07 Å². The Kier molecular flexibility index (Phi) is 4.26. The number of hydrogen-bond donors (Lipinski definition) is 1. The molecule has 21 heavy (non-hydrogen) atoms. The van der Waals surface area contributed by atoms with Crippen LogP contribution in [0, 0.1) is 0 Å². The molecule has 1 saturated heterocycles. The molecule has 0 spiro atoms. The van der Waals surface area contributed by atoms with E-state index >= 15 is 0 Å². The molecular formula is C15H21N3O3. The van der Waals surface area contributed by atoms with Gasteiger partial charge in [-0.3, -0.25) is 4.90 Å². The molecule has 0 amide bonds. The average molecular weight is 291 g/mol. The summed E-state index contributed by atoms with van der Waals surface area (Å²) in [7, 11) is 3.62. The normalized spacial score (nSPS) is 22.3. The van der Waals surface area contributed by atoms with Crippen molar-refractivity contribution in [2.24, 2.45) is 0 Å². The van der Waals surface area contributed by atoms with Crippen molar-refractivity contribution >= 4 is 5.82 Å². The van der Waals surface area contributed by atoms with Crippen LogP contribution < -0.4 is 5.32 Å². The molecule has 1 fully saturated rings. The van der Waals surface area contributed by atoms with Gasteiger partial charge in [0, 0.05) is 33.8 Å². The summed E-state index contributed by atoms with van der Waals surface area (Å²) in [4.78, 5) is 6.97. The highest BCUT2D eigenvalue weighted by atomic mass is 16.7. The summed E-state index contributed by atoms with van der Waals surface area (Å²) in [6.07, 6.45) is 4.07. The van der Waals surface area contributed by atoms with Gasteiger partial charge in [0.2, 0.25) is 0 Å². The molecule has 2 aliphatic heterocycles. The van der Waals surface area contributed by atoms with Crippen LogP contribution in [0.3, 0.4) is 0 Å². The summed E-state index contributed by atoms with van der Waals surface area (Å²) in [5.41, 5.74) is 1.95. The van der Waals surface area contributed by atoms with Crippen molar-refractivity contribution in [1.82, 2.24) is 9.88 Å². The van der Waals surface area contributed by atoms with Crippen LogP contribution in [0.2, 0.25) is 0 Å². The van der Waals surface area contributed by atoms with E-state index < -0.39 is 6.29 Å². The molecule has 0 aromatic carbocycles. The molecule has 1 aromatic heterocycles. The first kappa shape index (κ1) is 14.2. The Morgan fingerprint density at radius 3 is 2.86 bits per heavy atom.